The molecule has 2 saturated heterocycles. The van der Waals surface area contributed by atoms with Crippen LogP contribution in [0, 0.1) is 11.8 Å². The zero-order chi connectivity index (χ0) is 21.1. The summed E-state index contributed by atoms with van der Waals surface area (Å²) >= 11 is 0. The zero-order valence-electron chi connectivity index (χ0n) is 17.5. The zero-order valence-corrected chi connectivity index (χ0v) is 17.5. The first-order valence-electron chi connectivity index (χ1n) is 11.1. The van der Waals surface area contributed by atoms with Crippen molar-refractivity contribution in [1.29, 1.82) is 0 Å². The second kappa shape index (κ2) is 12.6. The van der Waals surface area contributed by atoms with Crippen molar-refractivity contribution in [3.05, 3.63) is 12.2 Å². The van der Waals surface area contributed by atoms with Crippen LogP contribution in [0.5, 0.6) is 0 Å². The van der Waals surface area contributed by atoms with E-state index in [1.54, 1.807) is 0 Å². The fourth-order valence-electron chi connectivity index (χ4n) is 4.28. The van der Waals surface area contributed by atoms with Crippen LogP contribution in [0.3, 0.4) is 0 Å². The molecule has 2 fully saturated rings. The Kier molecular flexibility index (Phi) is 10.2. The van der Waals surface area contributed by atoms with Crippen LogP contribution in [0.15, 0.2) is 12.2 Å². The van der Waals surface area contributed by atoms with Crippen molar-refractivity contribution in [1.82, 2.24) is 10.6 Å². The highest BCUT2D eigenvalue weighted by molar-refractivity contribution is 5.78. The highest BCUT2D eigenvalue weighted by Crippen LogP contribution is 2.44. The van der Waals surface area contributed by atoms with Gasteiger partial charge in [0.25, 0.3) is 0 Å². The fraction of sp³-hybridized carbons (Fsp3) is 0.773. The fourth-order valence-corrected chi connectivity index (χ4v) is 4.28. The Morgan fingerprint density at radius 2 is 1.69 bits per heavy atom. The van der Waals surface area contributed by atoms with Gasteiger partial charge in [-0.05, 0) is 44.4 Å². The van der Waals surface area contributed by atoms with Crippen molar-refractivity contribution >= 4 is 17.8 Å². The Balaban J connectivity index is 1.67. The summed E-state index contributed by atoms with van der Waals surface area (Å²) in [6.45, 7) is 3.04. The molecule has 0 aromatic carbocycles. The molecule has 0 unspecified atom stereocenters. The first-order valence-corrected chi connectivity index (χ1v) is 11.1. The molecule has 2 aliphatic heterocycles. The van der Waals surface area contributed by atoms with Crippen molar-refractivity contribution in [3.8, 4) is 0 Å². The van der Waals surface area contributed by atoms with E-state index < -0.39 is 5.97 Å². The molecule has 2 amide bonds. The molecule has 0 aromatic rings. The van der Waals surface area contributed by atoms with E-state index in [2.05, 4.69) is 22.8 Å². The molecule has 0 aromatic heterocycles. The lowest BCUT2D eigenvalue weighted by molar-refractivity contribution is -0.137. The Morgan fingerprint density at radius 3 is 2.41 bits per heavy atom. The summed E-state index contributed by atoms with van der Waals surface area (Å²) in [5.74, 6) is -0.0573. The number of hydrogen-bond acceptors (Lipinski definition) is 4. The van der Waals surface area contributed by atoms with E-state index in [9.17, 15) is 14.4 Å². The smallest absolute Gasteiger partial charge is 0.303 e. The molecule has 2 aliphatic rings. The molecular formula is C22H36N2O5. The van der Waals surface area contributed by atoms with E-state index in [4.69, 9.17) is 9.84 Å². The number of unbranched alkanes of at least 4 members (excludes halogenated alkanes) is 2. The van der Waals surface area contributed by atoms with Gasteiger partial charge in [0.05, 0.1) is 12.2 Å². The van der Waals surface area contributed by atoms with E-state index in [1.165, 1.54) is 0 Å². The van der Waals surface area contributed by atoms with Gasteiger partial charge in [0, 0.05) is 38.3 Å². The minimum absolute atomic E-state index is 0.0105. The highest BCUT2D eigenvalue weighted by atomic mass is 16.5. The number of ether oxygens (including phenoxy) is 1. The van der Waals surface area contributed by atoms with E-state index >= 15 is 0 Å². The molecule has 7 nitrogen and oxygen atoms in total. The molecule has 0 spiro atoms. The minimum Gasteiger partial charge on any atom is -0.481 e. The van der Waals surface area contributed by atoms with Gasteiger partial charge < -0.3 is 20.5 Å². The van der Waals surface area contributed by atoms with Crippen LogP contribution in [-0.2, 0) is 19.1 Å². The third-order valence-electron chi connectivity index (χ3n) is 5.89. The van der Waals surface area contributed by atoms with Gasteiger partial charge in [0.15, 0.2) is 0 Å². The molecule has 2 heterocycles. The monoisotopic (exact) mass is 408 g/mol. The van der Waals surface area contributed by atoms with Crippen molar-refractivity contribution < 1.29 is 24.2 Å². The minimum atomic E-state index is -0.753. The van der Waals surface area contributed by atoms with Gasteiger partial charge in [-0.25, -0.2) is 0 Å². The molecule has 29 heavy (non-hydrogen) atoms. The number of allylic oxidation sites excluding steroid dienone is 2. The second-order valence-corrected chi connectivity index (χ2v) is 8.12. The summed E-state index contributed by atoms with van der Waals surface area (Å²) in [6.07, 6.45) is 12.0. The largest absolute Gasteiger partial charge is 0.481 e. The van der Waals surface area contributed by atoms with Crippen molar-refractivity contribution in [2.75, 3.05) is 13.1 Å². The predicted octanol–water partition coefficient (Wildman–Crippen LogP) is 2.79. The number of fused-ring (bicyclic) bond motifs is 2. The van der Waals surface area contributed by atoms with Gasteiger partial charge >= 0.3 is 5.97 Å². The lowest BCUT2D eigenvalue weighted by Gasteiger charge is -2.27. The van der Waals surface area contributed by atoms with Crippen LogP contribution >= 0.6 is 0 Å². The summed E-state index contributed by atoms with van der Waals surface area (Å²) in [6, 6.07) is 0. The number of amides is 2. The number of rotatable bonds is 14. The Morgan fingerprint density at radius 1 is 0.966 bits per heavy atom. The summed E-state index contributed by atoms with van der Waals surface area (Å²) in [5.41, 5.74) is 0. The van der Waals surface area contributed by atoms with Crippen molar-refractivity contribution in [2.45, 2.75) is 83.3 Å². The lowest BCUT2D eigenvalue weighted by Crippen LogP contribution is -2.39. The van der Waals surface area contributed by atoms with Crippen LogP contribution in [-0.4, -0.2) is 48.2 Å². The average molecular weight is 409 g/mol. The number of aliphatic carboxylic acids is 1. The molecule has 0 aliphatic carbocycles. The number of nitrogens with one attached hydrogen (secondary N) is 2. The van der Waals surface area contributed by atoms with Gasteiger partial charge in [-0.15, -0.1) is 0 Å². The first kappa shape index (κ1) is 23.4. The molecule has 2 bridgehead atoms. The van der Waals surface area contributed by atoms with Gasteiger partial charge in [-0.2, -0.15) is 0 Å². The molecular weight excluding hydrogens is 372 g/mol. The summed E-state index contributed by atoms with van der Waals surface area (Å²) in [7, 11) is 0. The Labute approximate surface area is 173 Å². The number of hydrogen-bond donors (Lipinski definition) is 3. The van der Waals surface area contributed by atoms with E-state index in [-0.39, 0.29) is 30.4 Å². The van der Waals surface area contributed by atoms with E-state index in [0.29, 0.717) is 44.2 Å². The molecule has 2 rings (SSSR count). The third kappa shape index (κ3) is 8.17. The topological polar surface area (TPSA) is 105 Å². The number of carbonyl (C=O) groups excluding carboxylic acids is 2. The maximum Gasteiger partial charge on any atom is 0.303 e. The Hall–Kier alpha value is -1.89. The summed E-state index contributed by atoms with van der Waals surface area (Å²) in [5, 5.41) is 14.5. The molecule has 164 valence electrons. The normalized spacial score (nSPS) is 25.4. The summed E-state index contributed by atoms with van der Waals surface area (Å²) < 4.78 is 6.07. The maximum atomic E-state index is 12.1. The van der Waals surface area contributed by atoms with Crippen LogP contribution in [0.4, 0.5) is 0 Å². The standard InChI is InChI=1S/C22H36N2O5/c1-2-3-9-20(25)23-14-13-21(26)24-15-17-16(18-11-12-19(17)29-18)8-6-4-5-7-10-22(27)28/h4,6,16-19H,2-3,5,7-15H2,1H3,(H,23,25)(H,24,26)(H,27,28)/t16-,17+,18-,19+/m1/s1. The molecule has 0 saturated carbocycles. The van der Waals surface area contributed by atoms with Crippen molar-refractivity contribution in [2.24, 2.45) is 11.8 Å². The van der Waals surface area contributed by atoms with Gasteiger partial charge in [-0.1, -0.05) is 25.5 Å². The highest BCUT2D eigenvalue weighted by Gasteiger charge is 2.47. The lowest BCUT2D eigenvalue weighted by atomic mass is 9.77. The number of carboxylic acids is 1. The maximum absolute atomic E-state index is 12.1. The van der Waals surface area contributed by atoms with Gasteiger partial charge in [0.1, 0.15) is 0 Å². The molecule has 3 N–H and O–H groups in total. The van der Waals surface area contributed by atoms with E-state index in [1.807, 2.05) is 6.92 Å². The van der Waals surface area contributed by atoms with Crippen LogP contribution in [0.1, 0.15) is 71.1 Å². The molecule has 7 heteroatoms. The van der Waals surface area contributed by atoms with Crippen molar-refractivity contribution in [3.63, 3.8) is 0 Å². The van der Waals surface area contributed by atoms with Crippen LogP contribution in [0.2, 0.25) is 0 Å². The van der Waals surface area contributed by atoms with Gasteiger partial charge in [-0.3, -0.25) is 14.4 Å². The number of carboxylic acid groups (broad SMARTS) is 1. The van der Waals surface area contributed by atoms with Crippen LogP contribution < -0.4 is 10.6 Å². The third-order valence-corrected chi connectivity index (χ3v) is 5.89. The molecule has 4 atom stereocenters. The van der Waals surface area contributed by atoms with Crippen LogP contribution in [0.25, 0.3) is 0 Å². The van der Waals surface area contributed by atoms with Gasteiger partial charge in [0.2, 0.25) is 11.8 Å². The second-order valence-electron chi connectivity index (χ2n) is 8.12. The Bertz CT molecular complexity index is 578. The SMILES string of the molecule is CCCCC(=O)NCCC(=O)NC[C@H]1[C@@H](CC=CCCCC(=O)O)[C@H]2CC[C@@H]1O2. The van der Waals surface area contributed by atoms with E-state index in [0.717, 1.165) is 38.5 Å². The quantitative estimate of drug-likeness (QED) is 0.303. The first-order chi connectivity index (χ1) is 14.0. The average Bonchev–Trinajstić information content (AvgIpc) is 3.29. The molecule has 0 radical (unpaired) electrons. The summed E-state index contributed by atoms with van der Waals surface area (Å²) in [4.78, 5) is 34.3. The predicted molar refractivity (Wildman–Crippen MR) is 110 cm³/mol. The number of carbonyl (C=O) groups is 3.